The number of hydrogen-bond donors (Lipinski definition) is 2. The summed E-state index contributed by atoms with van der Waals surface area (Å²) in [5.74, 6) is 0.648. The molecule has 0 bridgehead atoms. The zero-order chi connectivity index (χ0) is 27.2. The molecule has 3 aromatic rings. The number of ether oxygens (including phenoxy) is 2. The number of nitrogens with one attached hydrogen (secondary N) is 2. The van der Waals surface area contributed by atoms with Gasteiger partial charge in [-0.15, -0.1) is 11.3 Å². The third-order valence-corrected chi connectivity index (χ3v) is 8.31. The lowest BCUT2D eigenvalue weighted by Crippen LogP contribution is -2.36. The zero-order valence-corrected chi connectivity index (χ0v) is 21.8. The van der Waals surface area contributed by atoms with E-state index in [9.17, 15) is 23.2 Å². The number of benzene rings is 1. The number of thiophene rings is 1. The van der Waals surface area contributed by atoms with Crippen LogP contribution in [0.25, 0.3) is 0 Å². The average Bonchev–Trinajstić information content (AvgIpc) is 3.47. The number of hydrogen-bond acceptors (Lipinski definition) is 7. The highest BCUT2D eigenvalue weighted by atomic mass is 32.1. The molecular weight excluding hydrogens is 519 g/mol. The maximum atomic E-state index is 14.1. The maximum Gasteiger partial charge on any atom is 0.410 e. The van der Waals surface area contributed by atoms with Crippen molar-refractivity contribution in [1.82, 2.24) is 9.78 Å². The Kier molecular flexibility index (Phi) is 6.73. The predicted octanol–water partition coefficient (Wildman–Crippen LogP) is 5.87. The molecule has 38 heavy (non-hydrogen) atoms. The molecule has 0 saturated heterocycles. The summed E-state index contributed by atoms with van der Waals surface area (Å²) in [6, 6.07) is 4.38. The summed E-state index contributed by atoms with van der Waals surface area (Å²) in [4.78, 5) is 14.4. The van der Waals surface area contributed by atoms with E-state index in [-0.39, 0.29) is 17.8 Å². The predicted molar refractivity (Wildman–Crippen MR) is 136 cm³/mol. The molecule has 3 heterocycles. The number of rotatable bonds is 5. The topological polar surface area (TPSA) is 101 Å². The third-order valence-electron chi connectivity index (χ3n) is 7.14. The highest BCUT2D eigenvalue weighted by Gasteiger charge is 2.47. The van der Waals surface area contributed by atoms with Gasteiger partial charge in [0.1, 0.15) is 22.5 Å². The highest BCUT2D eigenvalue weighted by Crippen LogP contribution is 2.46. The molecule has 12 heteroatoms. The molecule has 3 unspecified atom stereocenters. The standard InChI is InChI=1S/C26H26F3N5O3S/c1-13-4-6-15-16(11-30)25(38-21(15)8-13)33-24(35)17-12-31-34-22(26(27,28)29)10-18(32-23(17)34)14-5-7-19(36-2)20(9-14)37-3/h5,7,9,12-13,18,22,32H,4,6,8,10H2,1-3H3,(H,33,35). The van der Waals surface area contributed by atoms with Gasteiger partial charge in [0.2, 0.25) is 0 Å². The van der Waals surface area contributed by atoms with E-state index in [1.54, 1.807) is 18.2 Å². The summed E-state index contributed by atoms with van der Waals surface area (Å²) in [5.41, 5.74) is 1.89. The Bertz CT molecular complexity index is 1420. The van der Waals surface area contributed by atoms with Gasteiger partial charge in [0.25, 0.3) is 5.91 Å². The molecule has 1 amide bonds. The van der Waals surface area contributed by atoms with E-state index in [2.05, 4.69) is 28.7 Å². The lowest BCUT2D eigenvalue weighted by atomic mass is 9.88. The number of alkyl halides is 3. The van der Waals surface area contributed by atoms with Crippen LogP contribution in [0.3, 0.4) is 0 Å². The number of aromatic nitrogens is 2. The van der Waals surface area contributed by atoms with E-state index in [4.69, 9.17) is 9.47 Å². The number of nitrogens with zero attached hydrogens (tertiary/aromatic N) is 3. The summed E-state index contributed by atoms with van der Waals surface area (Å²) in [5, 5.41) is 20.0. The van der Waals surface area contributed by atoms with Gasteiger partial charge < -0.3 is 20.1 Å². The first-order valence-electron chi connectivity index (χ1n) is 12.1. The molecule has 0 spiro atoms. The largest absolute Gasteiger partial charge is 0.493 e. The van der Waals surface area contributed by atoms with Gasteiger partial charge in [-0.1, -0.05) is 13.0 Å². The first kappa shape index (κ1) is 25.9. The van der Waals surface area contributed by atoms with E-state index >= 15 is 0 Å². The molecule has 2 N–H and O–H groups in total. The van der Waals surface area contributed by atoms with Crippen molar-refractivity contribution in [3.05, 3.63) is 51.5 Å². The third kappa shape index (κ3) is 4.55. The number of amides is 1. The van der Waals surface area contributed by atoms with Gasteiger partial charge in [0.15, 0.2) is 17.5 Å². The minimum absolute atomic E-state index is 0.0342. The summed E-state index contributed by atoms with van der Waals surface area (Å²) in [6.45, 7) is 2.14. The summed E-state index contributed by atoms with van der Waals surface area (Å²) in [6.07, 6.45) is -1.24. The second kappa shape index (κ2) is 9.87. The summed E-state index contributed by atoms with van der Waals surface area (Å²) in [7, 11) is 2.92. The molecule has 3 atom stereocenters. The van der Waals surface area contributed by atoms with Crippen molar-refractivity contribution in [3.8, 4) is 17.6 Å². The normalized spacial score (nSPS) is 20.5. The Balaban J connectivity index is 1.49. The minimum atomic E-state index is -4.59. The van der Waals surface area contributed by atoms with Gasteiger partial charge in [-0.3, -0.25) is 4.79 Å². The van der Waals surface area contributed by atoms with Crippen LogP contribution in [0.4, 0.5) is 24.0 Å². The van der Waals surface area contributed by atoms with Gasteiger partial charge in [0.05, 0.1) is 32.0 Å². The number of carbonyl (C=O) groups is 1. The van der Waals surface area contributed by atoms with E-state index in [0.717, 1.165) is 40.6 Å². The molecule has 2 aromatic heterocycles. The number of halogens is 3. The fourth-order valence-electron chi connectivity index (χ4n) is 5.14. The number of carbonyl (C=O) groups excluding carboxylic acids is 1. The van der Waals surface area contributed by atoms with Crippen LogP contribution in [0.2, 0.25) is 0 Å². The first-order chi connectivity index (χ1) is 18.1. The number of nitriles is 1. The molecule has 0 radical (unpaired) electrons. The molecule has 5 rings (SSSR count). The van der Waals surface area contributed by atoms with Crippen molar-refractivity contribution >= 4 is 28.1 Å². The van der Waals surface area contributed by atoms with Crippen LogP contribution in [0.1, 0.15) is 63.8 Å². The van der Waals surface area contributed by atoms with Crippen molar-refractivity contribution in [2.75, 3.05) is 24.9 Å². The Hall–Kier alpha value is -3.72. The van der Waals surface area contributed by atoms with Crippen LogP contribution in [0.5, 0.6) is 11.5 Å². The monoisotopic (exact) mass is 545 g/mol. The first-order valence-corrected chi connectivity index (χ1v) is 12.9. The second-order valence-corrected chi connectivity index (χ2v) is 10.7. The Labute approximate surface area is 221 Å². The molecule has 1 aliphatic heterocycles. The van der Waals surface area contributed by atoms with Crippen molar-refractivity contribution in [2.45, 2.75) is 50.9 Å². The van der Waals surface area contributed by atoms with E-state index in [1.807, 2.05) is 0 Å². The van der Waals surface area contributed by atoms with Gasteiger partial charge >= 0.3 is 6.18 Å². The Morgan fingerprint density at radius 3 is 2.74 bits per heavy atom. The van der Waals surface area contributed by atoms with Crippen molar-refractivity contribution < 1.29 is 27.4 Å². The average molecular weight is 546 g/mol. The Morgan fingerprint density at radius 2 is 2.05 bits per heavy atom. The van der Waals surface area contributed by atoms with E-state index < -0.39 is 24.2 Å². The van der Waals surface area contributed by atoms with Gasteiger partial charge in [-0.25, -0.2) is 4.68 Å². The van der Waals surface area contributed by atoms with Gasteiger partial charge in [0, 0.05) is 11.3 Å². The second-order valence-electron chi connectivity index (χ2n) is 9.58. The highest BCUT2D eigenvalue weighted by molar-refractivity contribution is 7.16. The molecule has 2 aliphatic rings. The SMILES string of the molecule is COc1ccc(C2CC(C(F)(F)F)n3ncc(C(=O)Nc4sc5c(c4C#N)CCC(C)C5)c3N2)cc1OC. The minimum Gasteiger partial charge on any atom is -0.493 e. The number of fused-ring (bicyclic) bond motifs is 2. The van der Waals surface area contributed by atoms with Crippen LogP contribution >= 0.6 is 11.3 Å². The lowest BCUT2D eigenvalue weighted by Gasteiger charge is -2.34. The number of anilines is 2. The van der Waals surface area contributed by atoms with Crippen molar-refractivity contribution in [1.29, 1.82) is 5.26 Å². The maximum absolute atomic E-state index is 14.1. The zero-order valence-electron chi connectivity index (χ0n) is 21.0. The van der Waals surface area contributed by atoms with Crippen molar-refractivity contribution in [2.24, 2.45) is 5.92 Å². The quantitative estimate of drug-likeness (QED) is 0.416. The smallest absolute Gasteiger partial charge is 0.410 e. The molecular formula is C26H26F3N5O3S. The molecule has 200 valence electrons. The molecule has 0 fully saturated rings. The van der Waals surface area contributed by atoms with E-state index in [1.165, 1.54) is 25.6 Å². The van der Waals surface area contributed by atoms with Gasteiger partial charge in [-0.2, -0.15) is 23.5 Å². The summed E-state index contributed by atoms with van der Waals surface area (Å²) >= 11 is 1.36. The van der Waals surface area contributed by atoms with Crippen LogP contribution in [0.15, 0.2) is 24.4 Å². The van der Waals surface area contributed by atoms with Gasteiger partial charge in [-0.05, 0) is 48.4 Å². The fraction of sp³-hybridized carbons (Fsp3) is 0.423. The van der Waals surface area contributed by atoms with E-state index in [0.29, 0.717) is 33.5 Å². The van der Waals surface area contributed by atoms with Crippen LogP contribution in [0, 0.1) is 17.2 Å². The summed E-state index contributed by atoms with van der Waals surface area (Å²) < 4.78 is 53.8. The Morgan fingerprint density at radius 1 is 1.29 bits per heavy atom. The molecule has 0 saturated carbocycles. The molecule has 1 aromatic carbocycles. The van der Waals surface area contributed by atoms with Crippen LogP contribution < -0.4 is 20.1 Å². The van der Waals surface area contributed by atoms with Crippen LogP contribution in [-0.4, -0.2) is 36.1 Å². The molecule has 8 nitrogen and oxygen atoms in total. The van der Waals surface area contributed by atoms with Crippen LogP contribution in [-0.2, 0) is 12.8 Å². The fourth-order valence-corrected chi connectivity index (χ4v) is 6.50. The number of methoxy groups -OCH3 is 2. The van der Waals surface area contributed by atoms with Crippen molar-refractivity contribution in [3.63, 3.8) is 0 Å². The molecule has 1 aliphatic carbocycles. The lowest BCUT2D eigenvalue weighted by molar-refractivity contribution is -0.173.